The van der Waals surface area contributed by atoms with Gasteiger partial charge in [-0.05, 0) is 31.4 Å². The van der Waals surface area contributed by atoms with Crippen LogP contribution in [0.15, 0.2) is 29.1 Å². The van der Waals surface area contributed by atoms with Crippen molar-refractivity contribution >= 4 is 5.82 Å². The molecular weight excluding hydrogens is 254 g/mol. The van der Waals surface area contributed by atoms with Crippen LogP contribution in [0.25, 0.3) is 11.3 Å². The summed E-state index contributed by atoms with van der Waals surface area (Å²) in [6.07, 6.45) is 3.06. The lowest BCUT2D eigenvalue weighted by atomic mass is 10.0. The molecule has 1 aliphatic heterocycles. The van der Waals surface area contributed by atoms with Gasteiger partial charge in [0, 0.05) is 17.7 Å². The van der Waals surface area contributed by atoms with Gasteiger partial charge in [0.2, 0.25) is 0 Å². The topological polar surface area (TPSA) is 67.0 Å². The number of para-hydroxylation sites is 1. The maximum atomic E-state index is 11.8. The van der Waals surface area contributed by atoms with Gasteiger partial charge < -0.3 is 15.0 Å². The fourth-order valence-electron chi connectivity index (χ4n) is 2.60. The lowest BCUT2D eigenvalue weighted by Gasteiger charge is -2.14. The molecule has 0 aliphatic carbocycles. The van der Waals surface area contributed by atoms with E-state index < -0.39 is 0 Å². The molecule has 1 aromatic carbocycles. The Morgan fingerprint density at radius 3 is 2.95 bits per heavy atom. The zero-order chi connectivity index (χ0) is 13.9. The van der Waals surface area contributed by atoms with Crippen molar-refractivity contribution in [1.29, 1.82) is 0 Å². The van der Waals surface area contributed by atoms with Crippen molar-refractivity contribution in [3.8, 4) is 17.0 Å². The summed E-state index contributed by atoms with van der Waals surface area (Å²) in [4.78, 5) is 18.7. The Balaban J connectivity index is 2.23. The molecule has 0 amide bonds. The van der Waals surface area contributed by atoms with Crippen LogP contribution in [0.3, 0.4) is 0 Å². The van der Waals surface area contributed by atoms with E-state index in [1.54, 1.807) is 7.11 Å². The molecule has 2 N–H and O–H groups in total. The maximum Gasteiger partial charge on any atom is 0.347 e. The Labute approximate surface area is 117 Å². The number of benzene rings is 1. The zero-order valence-corrected chi connectivity index (χ0v) is 11.4. The number of fused-ring (bicyclic) bond motifs is 1. The second kappa shape index (κ2) is 5.36. The fraction of sp³-hybridized carbons (Fsp3) is 0.333. The van der Waals surface area contributed by atoms with Gasteiger partial charge in [0.25, 0.3) is 0 Å². The van der Waals surface area contributed by atoms with Crippen LogP contribution in [-0.4, -0.2) is 23.6 Å². The monoisotopic (exact) mass is 271 g/mol. The molecule has 0 spiro atoms. The summed E-state index contributed by atoms with van der Waals surface area (Å²) >= 11 is 0. The van der Waals surface area contributed by atoms with E-state index in [9.17, 15) is 4.79 Å². The summed E-state index contributed by atoms with van der Waals surface area (Å²) in [5, 5.41) is 3.24. The first-order valence-electron chi connectivity index (χ1n) is 6.80. The summed E-state index contributed by atoms with van der Waals surface area (Å²) in [5.41, 5.74) is 2.44. The van der Waals surface area contributed by atoms with E-state index in [1.165, 1.54) is 0 Å². The third-order valence-corrected chi connectivity index (χ3v) is 3.56. The van der Waals surface area contributed by atoms with Crippen LogP contribution in [0, 0.1) is 0 Å². The van der Waals surface area contributed by atoms with Crippen LogP contribution >= 0.6 is 0 Å². The van der Waals surface area contributed by atoms with E-state index in [0.29, 0.717) is 5.82 Å². The molecule has 5 heteroatoms. The molecule has 0 unspecified atom stereocenters. The summed E-state index contributed by atoms with van der Waals surface area (Å²) < 4.78 is 5.40. The smallest absolute Gasteiger partial charge is 0.347 e. The average Bonchev–Trinajstić information content (AvgIpc) is 2.71. The van der Waals surface area contributed by atoms with Crippen LogP contribution in [0.1, 0.15) is 18.4 Å². The van der Waals surface area contributed by atoms with E-state index in [0.717, 1.165) is 48.4 Å². The Kier molecular flexibility index (Phi) is 3.41. The minimum Gasteiger partial charge on any atom is -0.496 e. The van der Waals surface area contributed by atoms with Crippen molar-refractivity contribution in [3.63, 3.8) is 0 Å². The number of ether oxygens (including phenoxy) is 1. The number of rotatable bonds is 2. The normalized spacial score (nSPS) is 14.1. The van der Waals surface area contributed by atoms with Gasteiger partial charge in [-0.2, -0.15) is 4.98 Å². The SMILES string of the molecule is COc1ccccc1-c1[nH]c(=O)nc2c1CCCCN2. The van der Waals surface area contributed by atoms with Gasteiger partial charge >= 0.3 is 5.69 Å². The highest BCUT2D eigenvalue weighted by atomic mass is 16.5. The van der Waals surface area contributed by atoms with Crippen LogP contribution < -0.4 is 15.7 Å². The quantitative estimate of drug-likeness (QED) is 0.878. The molecule has 5 nitrogen and oxygen atoms in total. The Morgan fingerprint density at radius 2 is 2.10 bits per heavy atom. The fourth-order valence-corrected chi connectivity index (χ4v) is 2.60. The highest BCUT2D eigenvalue weighted by Crippen LogP contribution is 2.33. The van der Waals surface area contributed by atoms with Crippen LogP contribution in [0.4, 0.5) is 5.82 Å². The predicted octanol–water partition coefficient (Wildman–Crippen LogP) is 2.19. The van der Waals surface area contributed by atoms with Gasteiger partial charge in [-0.25, -0.2) is 4.79 Å². The van der Waals surface area contributed by atoms with Gasteiger partial charge in [-0.15, -0.1) is 0 Å². The molecule has 1 aromatic heterocycles. The Bertz CT molecular complexity index is 679. The minimum atomic E-state index is -0.334. The maximum absolute atomic E-state index is 11.8. The van der Waals surface area contributed by atoms with Gasteiger partial charge in [0.15, 0.2) is 0 Å². The van der Waals surface area contributed by atoms with E-state index in [-0.39, 0.29) is 5.69 Å². The molecule has 2 aromatic rings. The van der Waals surface area contributed by atoms with Crippen molar-refractivity contribution in [2.24, 2.45) is 0 Å². The first-order valence-corrected chi connectivity index (χ1v) is 6.80. The first kappa shape index (κ1) is 12.7. The molecule has 0 bridgehead atoms. The van der Waals surface area contributed by atoms with Gasteiger partial charge in [-0.1, -0.05) is 12.1 Å². The Hall–Kier alpha value is -2.30. The number of aromatic nitrogens is 2. The number of nitrogens with one attached hydrogen (secondary N) is 2. The molecular formula is C15H17N3O2. The third kappa shape index (κ3) is 2.27. The lowest BCUT2D eigenvalue weighted by Crippen LogP contribution is -2.17. The largest absolute Gasteiger partial charge is 0.496 e. The number of anilines is 1. The molecule has 0 atom stereocenters. The molecule has 0 radical (unpaired) electrons. The summed E-state index contributed by atoms with van der Waals surface area (Å²) in [6.45, 7) is 0.856. The molecule has 20 heavy (non-hydrogen) atoms. The second-order valence-corrected chi connectivity index (χ2v) is 4.83. The van der Waals surface area contributed by atoms with Crippen molar-refractivity contribution in [2.45, 2.75) is 19.3 Å². The number of hydrogen-bond donors (Lipinski definition) is 2. The van der Waals surface area contributed by atoms with E-state index >= 15 is 0 Å². The molecule has 0 saturated carbocycles. The van der Waals surface area contributed by atoms with Crippen molar-refractivity contribution in [1.82, 2.24) is 9.97 Å². The highest BCUT2D eigenvalue weighted by molar-refractivity contribution is 5.73. The number of H-pyrrole nitrogens is 1. The first-order chi connectivity index (χ1) is 9.79. The zero-order valence-electron chi connectivity index (χ0n) is 11.4. The van der Waals surface area contributed by atoms with Gasteiger partial charge in [0.05, 0.1) is 12.8 Å². The van der Waals surface area contributed by atoms with Crippen molar-refractivity contribution in [2.75, 3.05) is 19.0 Å². The summed E-state index contributed by atoms with van der Waals surface area (Å²) in [6, 6.07) is 7.70. The average molecular weight is 271 g/mol. The number of nitrogens with zero attached hydrogens (tertiary/aromatic N) is 1. The Morgan fingerprint density at radius 1 is 1.25 bits per heavy atom. The molecule has 104 valence electrons. The van der Waals surface area contributed by atoms with Gasteiger partial charge in [-0.3, -0.25) is 0 Å². The van der Waals surface area contributed by atoms with Crippen LogP contribution in [0.5, 0.6) is 5.75 Å². The summed E-state index contributed by atoms with van der Waals surface area (Å²) in [5.74, 6) is 1.45. The predicted molar refractivity (Wildman–Crippen MR) is 78.3 cm³/mol. The molecule has 0 fully saturated rings. The standard InChI is InChI=1S/C15H17N3O2/c1-20-12-8-3-2-6-10(12)13-11-7-4-5-9-16-14(11)18-15(19)17-13/h2-3,6,8H,4-5,7,9H2,1H3,(H2,16,17,18,19). The molecule has 0 saturated heterocycles. The number of hydrogen-bond acceptors (Lipinski definition) is 4. The molecule has 3 rings (SSSR count). The second-order valence-electron chi connectivity index (χ2n) is 4.83. The number of aromatic amines is 1. The van der Waals surface area contributed by atoms with Crippen molar-refractivity contribution in [3.05, 3.63) is 40.3 Å². The molecule has 2 heterocycles. The van der Waals surface area contributed by atoms with E-state index in [2.05, 4.69) is 15.3 Å². The van der Waals surface area contributed by atoms with Gasteiger partial charge in [0.1, 0.15) is 11.6 Å². The highest BCUT2D eigenvalue weighted by Gasteiger charge is 2.18. The summed E-state index contributed by atoms with van der Waals surface area (Å²) in [7, 11) is 1.63. The van der Waals surface area contributed by atoms with Crippen LogP contribution in [0.2, 0.25) is 0 Å². The third-order valence-electron chi connectivity index (χ3n) is 3.56. The number of methoxy groups -OCH3 is 1. The minimum absolute atomic E-state index is 0.334. The lowest BCUT2D eigenvalue weighted by molar-refractivity contribution is 0.416. The van der Waals surface area contributed by atoms with Crippen molar-refractivity contribution < 1.29 is 4.74 Å². The molecule has 1 aliphatic rings. The van der Waals surface area contributed by atoms with E-state index in [4.69, 9.17) is 4.74 Å². The van der Waals surface area contributed by atoms with E-state index in [1.807, 2.05) is 24.3 Å². The van der Waals surface area contributed by atoms with Crippen LogP contribution in [-0.2, 0) is 6.42 Å².